The highest BCUT2D eigenvalue weighted by Crippen LogP contribution is 2.26. The molecule has 0 bridgehead atoms. The molecule has 2 saturated heterocycles. The average Bonchev–Trinajstić information content (AvgIpc) is 2.59. The zero-order chi connectivity index (χ0) is 11.8. The highest BCUT2D eigenvalue weighted by Gasteiger charge is 2.37. The van der Waals surface area contributed by atoms with Gasteiger partial charge in [-0.25, -0.2) is 8.42 Å². The second kappa shape index (κ2) is 4.63. The van der Waals surface area contributed by atoms with Crippen LogP contribution in [0, 0.1) is 0 Å². The predicted molar refractivity (Wildman–Crippen MR) is 65.1 cm³/mol. The maximum absolute atomic E-state index is 11.5. The molecular formula is C11H22N2O2S. The molecule has 0 saturated carbocycles. The van der Waals surface area contributed by atoms with Gasteiger partial charge in [0, 0.05) is 18.1 Å². The summed E-state index contributed by atoms with van der Waals surface area (Å²) < 4.78 is 23.0. The van der Waals surface area contributed by atoms with Gasteiger partial charge in [0.05, 0.1) is 11.5 Å². The van der Waals surface area contributed by atoms with Crippen molar-refractivity contribution in [2.75, 3.05) is 18.1 Å². The van der Waals surface area contributed by atoms with Gasteiger partial charge in [-0.2, -0.15) is 0 Å². The fraction of sp³-hybridized carbons (Fsp3) is 1.00. The molecule has 0 aromatic heterocycles. The first-order valence-electron chi connectivity index (χ1n) is 6.21. The van der Waals surface area contributed by atoms with Crippen molar-refractivity contribution >= 4 is 9.84 Å². The number of piperidine rings is 1. The first-order valence-corrected chi connectivity index (χ1v) is 8.03. The van der Waals surface area contributed by atoms with Crippen molar-refractivity contribution in [3.05, 3.63) is 0 Å². The lowest BCUT2D eigenvalue weighted by molar-refractivity contribution is 0.0921. The van der Waals surface area contributed by atoms with Crippen LogP contribution in [0.3, 0.4) is 0 Å². The Kier molecular flexibility index (Phi) is 3.56. The van der Waals surface area contributed by atoms with Crippen LogP contribution in [0.5, 0.6) is 0 Å². The molecule has 0 spiro atoms. The number of hydrogen-bond acceptors (Lipinski definition) is 4. The van der Waals surface area contributed by atoms with Crippen LogP contribution in [-0.4, -0.2) is 49.5 Å². The van der Waals surface area contributed by atoms with Crippen molar-refractivity contribution in [1.29, 1.82) is 0 Å². The molecule has 3 atom stereocenters. The fourth-order valence-corrected chi connectivity index (χ4v) is 4.78. The van der Waals surface area contributed by atoms with E-state index in [0.717, 1.165) is 19.4 Å². The zero-order valence-corrected chi connectivity index (χ0v) is 10.7. The molecule has 2 heterocycles. The van der Waals surface area contributed by atoms with Crippen LogP contribution in [0.15, 0.2) is 0 Å². The highest BCUT2D eigenvalue weighted by molar-refractivity contribution is 7.91. The summed E-state index contributed by atoms with van der Waals surface area (Å²) in [7, 11) is -2.78. The lowest BCUT2D eigenvalue weighted by Gasteiger charge is -2.41. The van der Waals surface area contributed by atoms with Crippen LogP contribution < -0.4 is 5.73 Å². The molecule has 2 aliphatic rings. The van der Waals surface area contributed by atoms with Crippen LogP contribution in [0.2, 0.25) is 0 Å². The Hall–Kier alpha value is -0.130. The van der Waals surface area contributed by atoms with Crippen LogP contribution in [0.4, 0.5) is 0 Å². The second-order valence-corrected chi connectivity index (χ2v) is 7.45. The zero-order valence-electron chi connectivity index (χ0n) is 9.93. The minimum absolute atomic E-state index is 0.142. The van der Waals surface area contributed by atoms with Gasteiger partial charge in [0.2, 0.25) is 0 Å². The summed E-state index contributed by atoms with van der Waals surface area (Å²) in [6.07, 6.45) is 4.32. The van der Waals surface area contributed by atoms with E-state index in [-0.39, 0.29) is 12.1 Å². The molecule has 0 radical (unpaired) electrons. The quantitative estimate of drug-likeness (QED) is 0.765. The molecule has 2 rings (SSSR count). The number of likely N-dealkylation sites (tertiary alicyclic amines) is 1. The van der Waals surface area contributed by atoms with Crippen molar-refractivity contribution in [3.8, 4) is 0 Å². The lowest BCUT2D eigenvalue weighted by atomic mass is 9.95. The normalized spacial score (nSPS) is 37.4. The molecule has 2 N–H and O–H groups in total. The van der Waals surface area contributed by atoms with Crippen molar-refractivity contribution in [3.63, 3.8) is 0 Å². The summed E-state index contributed by atoms with van der Waals surface area (Å²) >= 11 is 0. The maximum atomic E-state index is 11.5. The lowest BCUT2D eigenvalue weighted by Crippen LogP contribution is -2.53. The van der Waals surface area contributed by atoms with E-state index in [1.807, 2.05) is 6.92 Å². The summed E-state index contributed by atoms with van der Waals surface area (Å²) in [5.74, 6) is 0.704. The summed E-state index contributed by atoms with van der Waals surface area (Å²) in [6.45, 7) is 3.05. The topological polar surface area (TPSA) is 63.4 Å². The third-order valence-electron chi connectivity index (χ3n) is 3.88. The number of nitrogens with zero attached hydrogens (tertiary/aromatic N) is 1. The molecule has 3 unspecified atom stereocenters. The Bertz CT molecular complexity index is 340. The molecule has 0 aromatic rings. The van der Waals surface area contributed by atoms with Crippen LogP contribution in [-0.2, 0) is 9.84 Å². The van der Waals surface area contributed by atoms with Gasteiger partial charge in [-0.05, 0) is 32.7 Å². The van der Waals surface area contributed by atoms with Crippen LogP contribution in [0.25, 0.3) is 0 Å². The van der Waals surface area contributed by atoms with E-state index in [4.69, 9.17) is 5.73 Å². The SMILES string of the molecule is CC(N)C1CCCCN1C1CCS(=O)(=O)C1. The molecule has 94 valence electrons. The number of sulfone groups is 1. The number of rotatable bonds is 2. The van der Waals surface area contributed by atoms with Gasteiger partial charge >= 0.3 is 0 Å². The van der Waals surface area contributed by atoms with Gasteiger partial charge in [-0.1, -0.05) is 6.42 Å². The first kappa shape index (κ1) is 12.3. The van der Waals surface area contributed by atoms with Crippen molar-refractivity contribution in [2.24, 2.45) is 5.73 Å². The molecular weight excluding hydrogens is 224 g/mol. The van der Waals surface area contributed by atoms with E-state index >= 15 is 0 Å². The fourth-order valence-electron chi connectivity index (χ4n) is 3.03. The third kappa shape index (κ3) is 2.57. The van der Waals surface area contributed by atoms with Crippen LogP contribution in [0.1, 0.15) is 32.6 Å². The molecule has 5 heteroatoms. The Morgan fingerprint density at radius 3 is 2.62 bits per heavy atom. The molecule has 0 amide bonds. The van der Waals surface area contributed by atoms with Gasteiger partial charge < -0.3 is 5.73 Å². The molecule has 0 aliphatic carbocycles. The Labute approximate surface area is 98.1 Å². The summed E-state index contributed by atoms with van der Waals surface area (Å²) in [4.78, 5) is 2.36. The highest BCUT2D eigenvalue weighted by atomic mass is 32.2. The van der Waals surface area contributed by atoms with Gasteiger partial charge in [0.15, 0.2) is 9.84 Å². The Morgan fingerprint density at radius 2 is 2.06 bits per heavy atom. The van der Waals surface area contributed by atoms with E-state index in [0.29, 0.717) is 17.5 Å². The Balaban J connectivity index is 2.07. The number of nitrogens with two attached hydrogens (primary N) is 1. The molecule has 0 aromatic carbocycles. The summed E-state index contributed by atoms with van der Waals surface area (Å²) in [6, 6.07) is 0.747. The van der Waals surface area contributed by atoms with Crippen molar-refractivity contribution in [1.82, 2.24) is 4.90 Å². The smallest absolute Gasteiger partial charge is 0.151 e. The Morgan fingerprint density at radius 1 is 1.31 bits per heavy atom. The van der Waals surface area contributed by atoms with E-state index in [2.05, 4.69) is 4.90 Å². The number of hydrogen-bond donors (Lipinski definition) is 1. The van der Waals surface area contributed by atoms with E-state index in [1.54, 1.807) is 0 Å². The third-order valence-corrected chi connectivity index (χ3v) is 5.63. The maximum Gasteiger partial charge on any atom is 0.151 e. The minimum Gasteiger partial charge on any atom is -0.327 e. The monoisotopic (exact) mass is 246 g/mol. The summed E-state index contributed by atoms with van der Waals surface area (Å²) in [5.41, 5.74) is 6.00. The van der Waals surface area contributed by atoms with Gasteiger partial charge in [0.25, 0.3) is 0 Å². The molecule has 4 nitrogen and oxygen atoms in total. The largest absolute Gasteiger partial charge is 0.327 e. The standard InChI is InChI=1S/C11H22N2O2S/c1-9(12)11-4-2-3-6-13(11)10-5-7-16(14,15)8-10/h9-11H,2-8,12H2,1H3. The van der Waals surface area contributed by atoms with Gasteiger partial charge in [-0.15, -0.1) is 0 Å². The first-order chi connectivity index (χ1) is 7.49. The molecule has 16 heavy (non-hydrogen) atoms. The van der Waals surface area contributed by atoms with E-state index in [9.17, 15) is 8.42 Å². The minimum atomic E-state index is -2.78. The predicted octanol–water partition coefficient (Wildman–Crippen LogP) is 0.375. The van der Waals surface area contributed by atoms with E-state index in [1.165, 1.54) is 12.8 Å². The molecule has 2 aliphatic heterocycles. The summed E-state index contributed by atoms with van der Waals surface area (Å²) in [5, 5.41) is 0. The average molecular weight is 246 g/mol. The van der Waals surface area contributed by atoms with E-state index < -0.39 is 9.84 Å². The van der Waals surface area contributed by atoms with Gasteiger partial charge in [-0.3, -0.25) is 4.90 Å². The molecule has 2 fully saturated rings. The van der Waals surface area contributed by atoms with Crippen LogP contribution >= 0.6 is 0 Å². The second-order valence-electron chi connectivity index (χ2n) is 5.22. The van der Waals surface area contributed by atoms with Crippen molar-refractivity contribution < 1.29 is 8.42 Å². The van der Waals surface area contributed by atoms with Crippen molar-refractivity contribution in [2.45, 2.75) is 50.7 Å². The van der Waals surface area contributed by atoms with Gasteiger partial charge in [0.1, 0.15) is 0 Å².